The van der Waals surface area contributed by atoms with Crippen molar-refractivity contribution in [3.05, 3.63) is 0 Å². The summed E-state index contributed by atoms with van der Waals surface area (Å²) in [7, 11) is -3.00. The number of rotatable bonds is 5. The molecule has 21 heavy (non-hydrogen) atoms. The fourth-order valence-corrected chi connectivity index (χ4v) is 3.66. The average Bonchev–Trinajstić information content (AvgIpc) is 2.37. The van der Waals surface area contributed by atoms with Crippen molar-refractivity contribution in [1.29, 1.82) is 0 Å². The molecule has 1 aliphatic rings. The minimum atomic E-state index is -3.00. The van der Waals surface area contributed by atoms with Crippen molar-refractivity contribution in [3.8, 4) is 0 Å². The zero-order chi connectivity index (χ0) is 15.2. The quantitative estimate of drug-likeness (QED) is 0.314. The van der Waals surface area contributed by atoms with E-state index in [4.69, 9.17) is 0 Å². The van der Waals surface area contributed by atoms with Crippen LogP contribution >= 0.6 is 24.0 Å². The van der Waals surface area contributed by atoms with Crippen molar-refractivity contribution in [3.63, 3.8) is 0 Å². The highest BCUT2D eigenvalue weighted by atomic mass is 127. The smallest absolute Gasteiger partial charge is 0.193 e. The summed E-state index contributed by atoms with van der Waals surface area (Å²) >= 11 is 0. The van der Waals surface area contributed by atoms with Crippen molar-refractivity contribution in [2.24, 2.45) is 4.99 Å². The molecule has 0 aromatic heterocycles. The second-order valence-electron chi connectivity index (χ2n) is 5.94. The standard InChI is InChI=1S/C14H29N3O2S.HI/c1-5-7-8-9-16-13(15-6-2)17-10-11-20(18,19)14(3,4)12-17;/h5-12H2,1-4H3,(H,15,16);1H. The highest BCUT2D eigenvalue weighted by molar-refractivity contribution is 14.0. The molecule has 0 aliphatic carbocycles. The van der Waals surface area contributed by atoms with Gasteiger partial charge in [0.15, 0.2) is 15.8 Å². The molecule has 0 saturated carbocycles. The molecule has 5 nitrogen and oxygen atoms in total. The van der Waals surface area contributed by atoms with Gasteiger partial charge in [-0.3, -0.25) is 4.99 Å². The molecule has 7 heteroatoms. The van der Waals surface area contributed by atoms with E-state index in [2.05, 4.69) is 22.1 Å². The van der Waals surface area contributed by atoms with E-state index in [1.165, 1.54) is 12.8 Å². The molecule has 0 aromatic rings. The molecule has 0 amide bonds. The SMILES string of the molecule is CCCCCN=C(NCC)N1CCS(=O)(=O)C(C)(C)C1.I. The van der Waals surface area contributed by atoms with Crippen LogP contribution in [0, 0.1) is 0 Å². The molecule has 1 heterocycles. The second kappa shape index (κ2) is 9.17. The monoisotopic (exact) mass is 431 g/mol. The summed E-state index contributed by atoms with van der Waals surface area (Å²) in [4.78, 5) is 6.70. The predicted octanol–water partition coefficient (Wildman–Crippen LogP) is 2.27. The highest BCUT2D eigenvalue weighted by Crippen LogP contribution is 2.23. The number of sulfone groups is 1. The molecule has 1 aliphatic heterocycles. The summed E-state index contributed by atoms with van der Waals surface area (Å²) in [6.07, 6.45) is 3.45. The van der Waals surface area contributed by atoms with Crippen LogP contribution in [0.1, 0.15) is 47.0 Å². The number of nitrogens with zero attached hydrogens (tertiary/aromatic N) is 2. The zero-order valence-electron chi connectivity index (χ0n) is 13.7. The first-order valence-corrected chi connectivity index (χ1v) is 9.25. The number of unbranched alkanes of at least 4 members (excludes halogenated alkanes) is 2. The predicted molar refractivity (Wildman–Crippen MR) is 100 cm³/mol. The van der Waals surface area contributed by atoms with Gasteiger partial charge < -0.3 is 10.2 Å². The maximum Gasteiger partial charge on any atom is 0.193 e. The minimum absolute atomic E-state index is 0. The normalized spacial score (nSPS) is 20.8. The van der Waals surface area contributed by atoms with Gasteiger partial charge in [-0.25, -0.2) is 8.42 Å². The van der Waals surface area contributed by atoms with Crippen molar-refractivity contribution in [1.82, 2.24) is 10.2 Å². The molecule has 0 spiro atoms. The number of hydrogen-bond acceptors (Lipinski definition) is 3. The van der Waals surface area contributed by atoms with Gasteiger partial charge in [-0.15, -0.1) is 24.0 Å². The molecule has 126 valence electrons. The summed E-state index contributed by atoms with van der Waals surface area (Å²) in [5.74, 6) is 1.06. The van der Waals surface area contributed by atoms with Gasteiger partial charge in [-0.2, -0.15) is 0 Å². The first-order chi connectivity index (χ1) is 9.34. The fraction of sp³-hybridized carbons (Fsp3) is 0.929. The Balaban J connectivity index is 0.00000400. The number of hydrogen-bond donors (Lipinski definition) is 1. The van der Waals surface area contributed by atoms with E-state index in [1.54, 1.807) is 13.8 Å². The highest BCUT2D eigenvalue weighted by Gasteiger charge is 2.40. The Bertz CT molecular complexity index is 436. The van der Waals surface area contributed by atoms with E-state index >= 15 is 0 Å². The van der Waals surface area contributed by atoms with Gasteiger partial charge in [-0.05, 0) is 27.2 Å². The van der Waals surface area contributed by atoms with E-state index in [0.29, 0.717) is 13.1 Å². The lowest BCUT2D eigenvalue weighted by Crippen LogP contribution is -2.57. The zero-order valence-corrected chi connectivity index (χ0v) is 16.8. The third-order valence-electron chi connectivity index (χ3n) is 3.70. The van der Waals surface area contributed by atoms with Crippen LogP contribution in [0.5, 0.6) is 0 Å². The van der Waals surface area contributed by atoms with Crippen LogP contribution in [0.15, 0.2) is 4.99 Å². The van der Waals surface area contributed by atoms with Crippen LogP contribution in [0.25, 0.3) is 0 Å². The van der Waals surface area contributed by atoms with E-state index in [0.717, 1.165) is 25.5 Å². The number of guanidine groups is 1. The first kappa shape index (κ1) is 20.9. The third-order valence-corrected chi connectivity index (χ3v) is 6.23. The Morgan fingerprint density at radius 3 is 2.48 bits per heavy atom. The Morgan fingerprint density at radius 1 is 1.29 bits per heavy atom. The third kappa shape index (κ3) is 5.92. The second-order valence-corrected chi connectivity index (χ2v) is 8.69. The van der Waals surface area contributed by atoms with Gasteiger partial charge in [0.05, 0.1) is 10.5 Å². The van der Waals surface area contributed by atoms with Crippen LogP contribution in [0.3, 0.4) is 0 Å². The van der Waals surface area contributed by atoms with Crippen LogP contribution < -0.4 is 5.32 Å². The lowest BCUT2D eigenvalue weighted by atomic mass is 10.2. The maximum absolute atomic E-state index is 12.0. The molecule has 0 unspecified atom stereocenters. The largest absolute Gasteiger partial charge is 0.357 e. The molecule has 0 radical (unpaired) electrons. The molecule has 1 rings (SSSR count). The lowest BCUT2D eigenvalue weighted by Gasteiger charge is -2.39. The van der Waals surface area contributed by atoms with Gasteiger partial charge >= 0.3 is 0 Å². The van der Waals surface area contributed by atoms with Crippen LogP contribution in [0.2, 0.25) is 0 Å². The number of nitrogens with one attached hydrogen (secondary N) is 1. The minimum Gasteiger partial charge on any atom is -0.357 e. The number of aliphatic imine (C=N–C) groups is 1. The lowest BCUT2D eigenvalue weighted by molar-refractivity contribution is 0.353. The number of halogens is 1. The molecule has 1 fully saturated rings. The Labute approximate surface area is 146 Å². The molecular weight excluding hydrogens is 401 g/mol. The van der Waals surface area contributed by atoms with E-state index < -0.39 is 14.6 Å². The molecule has 0 atom stereocenters. The summed E-state index contributed by atoms with van der Waals surface area (Å²) in [6.45, 7) is 10.5. The van der Waals surface area contributed by atoms with Crippen molar-refractivity contribution >= 4 is 39.8 Å². The van der Waals surface area contributed by atoms with Crippen LogP contribution in [0.4, 0.5) is 0 Å². The first-order valence-electron chi connectivity index (χ1n) is 7.59. The van der Waals surface area contributed by atoms with E-state index in [1.807, 2.05) is 6.92 Å². The Morgan fingerprint density at radius 2 is 1.95 bits per heavy atom. The summed E-state index contributed by atoms with van der Waals surface area (Å²) < 4.78 is 23.4. The molecule has 0 aromatic carbocycles. The van der Waals surface area contributed by atoms with E-state index in [-0.39, 0.29) is 29.7 Å². The molecular formula is C14H30IN3O2S. The van der Waals surface area contributed by atoms with Crippen LogP contribution in [-0.4, -0.2) is 56.0 Å². The summed E-state index contributed by atoms with van der Waals surface area (Å²) in [6, 6.07) is 0. The Kier molecular flexibility index (Phi) is 9.15. The van der Waals surface area contributed by atoms with Gasteiger partial charge in [0.2, 0.25) is 0 Å². The average molecular weight is 431 g/mol. The fourth-order valence-electron chi connectivity index (χ4n) is 2.30. The Hall–Kier alpha value is -0.0500. The summed E-state index contributed by atoms with van der Waals surface area (Å²) in [5, 5.41) is 3.28. The summed E-state index contributed by atoms with van der Waals surface area (Å²) in [5.41, 5.74) is 0. The van der Waals surface area contributed by atoms with Crippen molar-refractivity contribution in [2.75, 3.05) is 31.9 Å². The van der Waals surface area contributed by atoms with Crippen molar-refractivity contribution in [2.45, 2.75) is 51.7 Å². The van der Waals surface area contributed by atoms with Gasteiger partial charge in [0.25, 0.3) is 0 Å². The van der Waals surface area contributed by atoms with Gasteiger partial charge in [-0.1, -0.05) is 19.8 Å². The van der Waals surface area contributed by atoms with Gasteiger partial charge in [0, 0.05) is 26.2 Å². The molecule has 1 saturated heterocycles. The van der Waals surface area contributed by atoms with E-state index in [9.17, 15) is 8.42 Å². The topological polar surface area (TPSA) is 61.8 Å². The van der Waals surface area contributed by atoms with Crippen molar-refractivity contribution < 1.29 is 8.42 Å². The molecule has 1 N–H and O–H groups in total. The van der Waals surface area contributed by atoms with Crippen LogP contribution in [-0.2, 0) is 9.84 Å². The molecule has 0 bridgehead atoms. The maximum atomic E-state index is 12.0. The van der Waals surface area contributed by atoms with Gasteiger partial charge in [0.1, 0.15) is 0 Å².